The number of urea groups is 1. The number of nitrogens with zero attached hydrogens (tertiary/aromatic N) is 2. The summed E-state index contributed by atoms with van der Waals surface area (Å²) >= 11 is 12.3. The Hall–Kier alpha value is -2.83. The van der Waals surface area contributed by atoms with Gasteiger partial charge in [-0.05, 0) is 29.8 Å². The molecule has 2 amide bonds. The zero-order valence-corrected chi connectivity index (χ0v) is 15.7. The summed E-state index contributed by atoms with van der Waals surface area (Å²) in [7, 11) is 0. The minimum Gasteiger partial charge on any atom is -0.334 e. The van der Waals surface area contributed by atoms with Gasteiger partial charge in [-0.25, -0.2) is 4.79 Å². The molecule has 2 heterocycles. The van der Waals surface area contributed by atoms with Gasteiger partial charge >= 0.3 is 6.03 Å². The Labute approximate surface area is 165 Å². The smallest absolute Gasteiger partial charge is 0.319 e. The molecule has 0 aliphatic carbocycles. The summed E-state index contributed by atoms with van der Waals surface area (Å²) in [6, 6.07) is 11.3. The number of carbonyl (C=O) groups excluding carboxylic acids is 1. The topological polar surface area (TPSA) is 76.0 Å². The highest BCUT2D eigenvalue weighted by Gasteiger charge is 2.09. The number of pyridine rings is 2. The molecule has 0 saturated carbocycles. The fourth-order valence-corrected chi connectivity index (χ4v) is 2.96. The van der Waals surface area contributed by atoms with Gasteiger partial charge in [-0.2, -0.15) is 0 Å². The number of benzene rings is 1. The van der Waals surface area contributed by atoms with E-state index in [2.05, 4.69) is 15.6 Å². The van der Waals surface area contributed by atoms with Crippen LogP contribution in [0.1, 0.15) is 11.1 Å². The van der Waals surface area contributed by atoms with Crippen LogP contribution in [0.3, 0.4) is 0 Å². The Bertz CT molecular complexity index is 986. The van der Waals surface area contributed by atoms with Crippen LogP contribution >= 0.6 is 23.2 Å². The van der Waals surface area contributed by atoms with E-state index in [1.807, 2.05) is 6.07 Å². The first kappa shape index (κ1) is 18.9. The van der Waals surface area contributed by atoms with Gasteiger partial charge in [-0.15, -0.1) is 0 Å². The van der Waals surface area contributed by atoms with Gasteiger partial charge in [0, 0.05) is 46.8 Å². The molecule has 1 aromatic carbocycles. The molecule has 2 aromatic heterocycles. The van der Waals surface area contributed by atoms with Gasteiger partial charge < -0.3 is 15.2 Å². The molecule has 138 valence electrons. The van der Waals surface area contributed by atoms with Gasteiger partial charge in [0.05, 0.1) is 12.2 Å². The van der Waals surface area contributed by atoms with Crippen LogP contribution in [0, 0.1) is 0 Å². The van der Waals surface area contributed by atoms with E-state index in [1.54, 1.807) is 42.9 Å². The summed E-state index contributed by atoms with van der Waals surface area (Å²) in [6.45, 7) is 0.540. The number of halogens is 2. The molecule has 0 aliphatic heterocycles. The highest BCUT2D eigenvalue weighted by atomic mass is 35.5. The number of amides is 2. The lowest BCUT2D eigenvalue weighted by atomic mass is 10.2. The normalized spacial score (nSPS) is 10.4. The lowest BCUT2D eigenvalue weighted by molar-refractivity contribution is 0.251. The van der Waals surface area contributed by atoms with Gasteiger partial charge in [0.25, 0.3) is 5.56 Å². The molecule has 8 heteroatoms. The average molecular weight is 403 g/mol. The minimum absolute atomic E-state index is 0.199. The first-order chi connectivity index (χ1) is 13.0. The molecule has 3 rings (SSSR count). The van der Waals surface area contributed by atoms with Gasteiger partial charge in [0.2, 0.25) is 0 Å². The van der Waals surface area contributed by atoms with Crippen LogP contribution < -0.4 is 16.2 Å². The second-order valence-electron chi connectivity index (χ2n) is 5.75. The second kappa shape index (κ2) is 8.70. The Morgan fingerprint density at radius 3 is 2.56 bits per heavy atom. The quantitative estimate of drug-likeness (QED) is 0.678. The highest BCUT2D eigenvalue weighted by Crippen LogP contribution is 2.24. The summed E-state index contributed by atoms with van der Waals surface area (Å²) in [5, 5.41) is 6.38. The first-order valence-corrected chi connectivity index (χ1v) is 8.85. The third-order valence-electron chi connectivity index (χ3n) is 3.81. The fraction of sp³-hybridized carbons (Fsp3) is 0.105. The molecule has 0 atom stereocenters. The van der Waals surface area contributed by atoms with Crippen LogP contribution in [0.5, 0.6) is 0 Å². The van der Waals surface area contributed by atoms with E-state index in [0.717, 1.165) is 5.56 Å². The molecule has 6 nitrogen and oxygen atoms in total. The van der Waals surface area contributed by atoms with E-state index < -0.39 is 0 Å². The SMILES string of the molecule is O=C(NCc1cccnc1)Nc1ccc(=O)n(Cc2c(Cl)cccc2Cl)c1. The predicted molar refractivity (Wildman–Crippen MR) is 106 cm³/mol. The lowest BCUT2D eigenvalue weighted by Crippen LogP contribution is -2.29. The summed E-state index contributed by atoms with van der Waals surface area (Å²) in [6.07, 6.45) is 4.89. The van der Waals surface area contributed by atoms with Crippen molar-refractivity contribution in [3.05, 3.63) is 92.6 Å². The van der Waals surface area contributed by atoms with Crippen LogP contribution in [0.15, 0.2) is 65.8 Å². The van der Waals surface area contributed by atoms with E-state index >= 15 is 0 Å². The summed E-state index contributed by atoms with van der Waals surface area (Å²) in [5.74, 6) is 0. The van der Waals surface area contributed by atoms with E-state index in [1.165, 1.54) is 16.7 Å². The number of hydrogen-bond donors (Lipinski definition) is 2. The zero-order valence-electron chi connectivity index (χ0n) is 14.2. The standard InChI is InChI=1S/C19H16Cl2N4O2/c20-16-4-1-5-17(21)15(16)12-25-11-14(6-7-18(25)26)24-19(27)23-10-13-3-2-8-22-9-13/h1-9,11H,10,12H2,(H2,23,24,27). The van der Waals surface area contributed by atoms with Crippen molar-refractivity contribution in [3.63, 3.8) is 0 Å². The van der Waals surface area contributed by atoms with Crippen molar-refractivity contribution in [1.29, 1.82) is 0 Å². The zero-order chi connectivity index (χ0) is 19.2. The Balaban J connectivity index is 1.69. The van der Waals surface area contributed by atoms with E-state index in [4.69, 9.17) is 23.2 Å². The van der Waals surface area contributed by atoms with Crippen LogP contribution in [0.25, 0.3) is 0 Å². The van der Waals surface area contributed by atoms with Crippen LogP contribution in [-0.4, -0.2) is 15.6 Å². The third kappa shape index (κ3) is 5.09. The summed E-state index contributed by atoms with van der Waals surface area (Å²) in [4.78, 5) is 28.2. The number of hydrogen-bond acceptors (Lipinski definition) is 3. The van der Waals surface area contributed by atoms with Crippen LogP contribution in [0.2, 0.25) is 10.0 Å². The number of anilines is 1. The van der Waals surface area contributed by atoms with Crippen LogP contribution in [0.4, 0.5) is 10.5 Å². The molecule has 0 spiro atoms. The van der Waals surface area contributed by atoms with Gasteiger partial charge in [0.1, 0.15) is 0 Å². The average Bonchev–Trinajstić information content (AvgIpc) is 2.66. The van der Waals surface area contributed by atoms with Gasteiger partial charge in [0.15, 0.2) is 0 Å². The van der Waals surface area contributed by atoms with Gasteiger partial charge in [-0.1, -0.05) is 35.3 Å². The number of aromatic nitrogens is 2. The van der Waals surface area contributed by atoms with Crippen molar-refractivity contribution < 1.29 is 4.79 Å². The number of carbonyl (C=O) groups is 1. The molecule has 0 aliphatic rings. The van der Waals surface area contributed by atoms with Crippen molar-refractivity contribution in [1.82, 2.24) is 14.9 Å². The van der Waals surface area contributed by atoms with Crippen molar-refractivity contribution in [2.24, 2.45) is 0 Å². The predicted octanol–water partition coefficient (Wildman–Crippen LogP) is 3.92. The lowest BCUT2D eigenvalue weighted by Gasteiger charge is -2.12. The van der Waals surface area contributed by atoms with E-state index in [9.17, 15) is 9.59 Å². The largest absolute Gasteiger partial charge is 0.334 e. The highest BCUT2D eigenvalue weighted by molar-refractivity contribution is 6.35. The van der Waals surface area contributed by atoms with Crippen molar-refractivity contribution in [2.45, 2.75) is 13.1 Å². The minimum atomic E-state index is -0.389. The molecule has 0 bridgehead atoms. The maximum absolute atomic E-state index is 12.1. The van der Waals surface area contributed by atoms with Crippen molar-refractivity contribution >= 4 is 34.9 Å². The molecule has 0 fully saturated rings. The Morgan fingerprint density at radius 2 is 1.85 bits per heavy atom. The van der Waals surface area contributed by atoms with Crippen molar-refractivity contribution in [2.75, 3.05) is 5.32 Å². The maximum Gasteiger partial charge on any atom is 0.319 e. The fourth-order valence-electron chi connectivity index (χ4n) is 2.44. The Morgan fingerprint density at radius 1 is 1.07 bits per heavy atom. The summed E-state index contributed by atoms with van der Waals surface area (Å²) in [5.41, 5.74) is 1.76. The number of rotatable bonds is 5. The molecule has 0 saturated heterocycles. The van der Waals surface area contributed by atoms with E-state index in [0.29, 0.717) is 27.8 Å². The van der Waals surface area contributed by atoms with Crippen molar-refractivity contribution in [3.8, 4) is 0 Å². The molecule has 0 radical (unpaired) electrons. The molecule has 3 aromatic rings. The third-order valence-corrected chi connectivity index (χ3v) is 4.52. The number of nitrogens with one attached hydrogen (secondary N) is 2. The van der Waals surface area contributed by atoms with Gasteiger partial charge in [-0.3, -0.25) is 9.78 Å². The monoisotopic (exact) mass is 402 g/mol. The summed E-state index contributed by atoms with van der Waals surface area (Å²) < 4.78 is 1.43. The maximum atomic E-state index is 12.1. The molecule has 0 unspecified atom stereocenters. The molecular formula is C19H16Cl2N4O2. The Kier molecular flexibility index (Phi) is 6.11. The molecule has 2 N–H and O–H groups in total. The first-order valence-electron chi connectivity index (χ1n) is 8.10. The van der Waals surface area contributed by atoms with Crippen LogP contribution in [-0.2, 0) is 13.1 Å². The second-order valence-corrected chi connectivity index (χ2v) is 6.57. The molecular weight excluding hydrogens is 387 g/mol. The van der Waals surface area contributed by atoms with E-state index in [-0.39, 0.29) is 18.1 Å². The molecule has 27 heavy (non-hydrogen) atoms.